The molecule has 0 spiro atoms. The van der Waals surface area contributed by atoms with E-state index in [4.69, 9.17) is 11.6 Å². The number of hydrogen-bond acceptors (Lipinski definition) is 5. The highest BCUT2D eigenvalue weighted by atomic mass is 35.5. The minimum atomic E-state index is -0.446. The Kier molecular flexibility index (Phi) is 4.68. The molecular formula is C15H17ClFN5. The lowest BCUT2D eigenvalue weighted by Crippen LogP contribution is -2.26. The molecule has 0 saturated carbocycles. The topological polar surface area (TPSA) is 53.9 Å². The summed E-state index contributed by atoms with van der Waals surface area (Å²) in [6.45, 7) is 1.90. The van der Waals surface area contributed by atoms with Crippen molar-refractivity contribution in [1.29, 1.82) is 0 Å². The molecule has 1 fully saturated rings. The summed E-state index contributed by atoms with van der Waals surface area (Å²) in [4.78, 5) is 6.65. The average molecular weight is 322 g/mol. The molecule has 0 unspecified atom stereocenters. The Bertz CT molecular complexity index is 644. The highest BCUT2D eigenvalue weighted by Crippen LogP contribution is 2.22. The maximum absolute atomic E-state index is 13.2. The monoisotopic (exact) mass is 321 g/mol. The number of rotatable bonds is 3. The molecule has 0 atom stereocenters. The summed E-state index contributed by atoms with van der Waals surface area (Å²) in [5, 5.41) is 11.3. The van der Waals surface area contributed by atoms with Crippen molar-refractivity contribution in [2.75, 3.05) is 23.3 Å². The average Bonchev–Trinajstić information content (AvgIpc) is 2.80. The van der Waals surface area contributed by atoms with Crippen molar-refractivity contribution in [2.45, 2.75) is 25.7 Å². The molecule has 1 N–H and O–H groups in total. The molecule has 1 aromatic heterocycles. The number of aromatic nitrogens is 3. The number of hydrogen-bond donors (Lipinski definition) is 1. The molecule has 2 aromatic rings. The fourth-order valence-corrected chi connectivity index (χ4v) is 2.66. The molecule has 22 heavy (non-hydrogen) atoms. The predicted molar refractivity (Wildman–Crippen MR) is 85.2 cm³/mol. The van der Waals surface area contributed by atoms with Gasteiger partial charge in [0.25, 0.3) is 0 Å². The van der Waals surface area contributed by atoms with Gasteiger partial charge in [0.15, 0.2) is 5.82 Å². The quantitative estimate of drug-likeness (QED) is 0.932. The molecular weight excluding hydrogens is 305 g/mol. The van der Waals surface area contributed by atoms with Crippen LogP contribution in [0.3, 0.4) is 0 Å². The normalized spacial score (nSPS) is 15.5. The molecule has 0 bridgehead atoms. The van der Waals surface area contributed by atoms with Gasteiger partial charge < -0.3 is 10.2 Å². The number of benzene rings is 1. The Morgan fingerprint density at radius 2 is 1.91 bits per heavy atom. The number of nitrogens with zero attached hydrogens (tertiary/aromatic N) is 4. The molecule has 1 aliphatic heterocycles. The van der Waals surface area contributed by atoms with E-state index in [9.17, 15) is 4.39 Å². The van der Waals surface area contributed by atoms with E-state index in [2.05, 4.69) is 25.4 Å². The Morgan fingerprint density at radius 1 is 1.14 bits per heavy atom. The van der Waals surface area contributed by atoms with Crippen molar-refractivity contribution in [3.8, 4) is 0 Å². The van der Waals surface area contributed by atoms with Crippen molar-refractivity contribution in [3.05, 3.63) is 35.2 Å². The SMILES string of the molecule is Fc1ccc(Nc2cnnc(N3CCCCCC3)n2)cc1Cl. The maximum Gasteiger partial charge on any atom is 0.247 e. The van der Waals surface area contributed by atoms with Gasteiger partial charge in [0.05, 0.1) is 11.2 Å². The molecule has 2 heterocycles. The third-order valence-electron chi connectivity index (χ3n) is 3.63. The highest BCUT2D eigenvalue weighted by molar-refractivity contribution is 6.31. The lowest BCUT2D eigenvalue weighted by atomic mass is 10.2. The maximum atomic E-state index is 13.2. The van der Waals surface area contributed by atoms with Crippen LogP contribution in [0.1, 0.15) is 25.7 Å². The van der Waals surface area contributed by atoms with Gasteiger partial charge in [-0.1, -0.05) is 24.4 Å². The first kappa shape index (κ1) is 15.0. The van der Waals surface area contributed by atoms with Crippen molar-refractivity contribution >= 4 is 29.1 Å². The molecule has 3 rings (SSSR count). The van der Waals surface area contributed by atoms with E-state index in [-0.39, 0.29) is 5.02 Å². The summed E-state index contributed by atoms with van der Waals surface area (Å²) >= 11 is 5.78. The van der Waals surface area contributed by atoms with E-state index in [0.717, 1.165) is 25.9 Å². The Labute approximate surface area is 133 Å². The second kappa shape index (κ2) is 6.87. The van der Waals surface area contributed by atoms with Gasteiger partial charge in [0.2, 0.25) is 5.95 Å². The van der Waals surface area contributed by atoms with Crippen LogP contribution in [0.15, 0.2) is 24.4 Å². The molecule has 0 amide bonds. The Hall–Kier alpha value is -1.95. The van der Waals surface area contributed by atoms with Crippen LogP contribution in [0.2, 0.25) is 5.02 Å². The first-order chi connectivity index (χ1) is 10.7. The van der Waals surface area contributed by atoms with Gasteiger partial charge in [-0.3, -0.25) is 0 Å². The summed E-state index contributed by atoms with van der Waals surface area (Å²) in [5.41, 5.74) is 0.661. The van der Waals surface area contributed by atoms with Crippen LogP contribution in [0.25, 0.3) is 0 Å². The third kappa shape index (κ3) is 3.62. The minimum absolute atomic E-state index is 0.0692. The molecule has 0 radical (unpaired) electrons. The van der Waals surface area contributed by atoms with Gasteiger partial charge in [-0.15, -0.1) is 5.10 Å². The second-order valence-electron chi connectivity index (χ2n) is 5.30. The van der Waals surface area contributed by atoms with Gasteiger partial charge in [-0.05, 0) is 31.0 Å². The Morgan fingerprint density at radius 3 is 2.64 bits per heavy atom. The van der Waals surface area contributed by atoms with Crippen molar-refractivity contribution in [3.63, 3.8) is 0 Å². The van der Waals surface area contributed by atoms with E-state index in [1.165, 1.54) is 25.0 Å². The van der Waals surface area contributed by atoms with Gasteiger partial charge in [0, 0.05) is 18.8 Å². The van der Waals surface area contributed by atoms with Gasteiger partial charge in [-0.25, -0.2) is 4.39 Å². The number of nitrogens with one attached hydrogen (secondary N) is 1. The predicted octanol–water partition coefficient (Wildman–Crippen LogP) is 3.79. The van der Waals surface area contributed by atoms with Crippen LogP contribution in [0.5, 0.6) is 0 Å². The molecule has 0 aliphatic carbocycles. The standard InChI is InChI=1S/C15H17ClFN5/c16-12-9-11(5-6-13(12)17)19-14-10-18-21-15(20-14)22-7-3-1-2-4-8-22/h5-6,9-10H,1-4,7-8H2,(H,19,20,21). The fourth-order valence-electron chi connectivity index (χ4n) is 2.48. The molecule has 1 saturated heterocycles. The van der Waals surface area contributed by atoms with Crippen LogP contribution >= 0.6 is 11.6 Å². The van der Waals surface area contributed by atoms with Gasteiger partial charge >= 0.3 is 0 Å². The molecule has 5 nitrogen and oxygen atoms in total. The van der Waals surface area contributed by atoms with E-state index in [1.54, 1.807) is 12.3 Å². The lowest BCUT2D eigenvalue weighted by molar-refractivity contribution is 0.628. The zero-order chi connectivity index (χ0) is 15.4. The zero-order valence-corrected chi connectivity index (χ0v) is 12.9. The highest BCUT2D eigenvalue weighted by Gasteiger charge is 2.13. The number of halogens is 2. The summed E-state index contributed by atoms with van der Waals surface area (Å²) in [7, 11) is 0. The molecule has 1 aliphatic rings. The van der Waals surface area contributed by atoms with Crippen LogP contribution in [0, 0.1) is 5.82 Å². The van der Waals surface area contributed by atoms with E-state index in [1.807, 2.05) is 0 Å². The molecule has 7 heteroatoms. The van der Waals surface area contributed by atoms with E-state index >= 15 is 0 Å². The van der Waals surface area contributed by atoms with Crippen LogP contribution < -0.4 is 10.2 Å². The van der Waals surface area contributed by atoms with E-state index < -0.39 is 5.82 Å². The van der Waals surface area contributed by atoms with Crippen LogP contribution in [-0.4, -0.2) is 28.3 Å². The Balaban J connectivity index is 1.76. The van der Waals surface area contributed by atoms with Gasteiger partial charge in [-0.2, -0.15) is 10.1 Å². The lowest BCUT2D eigenvalue weighted by Gasteiger charge is -2.19. The summed E-state index contributed by atoms with van der Waals surface area (Å²) in [6.07, 6.45) is 6.33. The van der Waals surface area contributed by atoms with Crippen molar-refractivity contribution in [1.82, 2.24) is 15.2 Å². The molecule has 116 valence electrons. The summed E-state index contributed by atoms with van der Waals surface area (Å²) in [5.74, 6) is 0.746. The summed E-state index contributed by atoms with van der Waals surface area (Å²) < 4.78 is 13.2. The summed E-state index contributed by atoms with van der Waals surface area (Å²) in [6, 6.07) is 4.44. The van der Waals surface area contributed by atoms with Crippen molar-refractivity contribution < 1.29 is 4.39 Å². The zero-order valence-electron chi connectivity index (χ0n) is 12.1. The molecule has 1 aromatic carbocycles. The minimum Gasteiger partial charge on any atom is -0.339 e. The fraction of sp³-hybridized carbons (Fsp3) is 0.400. The second-order valence-corrected chi connectivity index (χ2v) is 5.70. The van der Waals surface area contributed by atoms with Crippen molar-refractivity contribution in [2.24, 2.45) is 0 Å². The largest absolute Gasteiger partial charge is 0.339 e. The van der Waals surface area contributed by atoms with Crippen LogP contribution in [-0.2, 0) is 0 Å². The first-order valence-electron chi connectivity index (χ1n) is 7.39. The first-order valence-corrected chi connectivity index (χ1v) is 7.77. The van der Waals surface area contributed by atoms with E-state index in [0.29, 0.717) is 17.5 Å². The smallest absolute Gasteiger partial charge is 0.247 e. The van der Waals surface area contributed by atoms with Gasteiger partial charge in [0.1, 0.15) is 5.82 Å². The van der Waals surface area contributed by atoms with Crippen LogP contribution in [0.4, 0.5) is 21.8 Å². The number of anilines is 3. The third-order valence-corrected chi connectivity index (χ3v) is 3.92.